The van der Waals surface area contributed by atoms with Gasteiger partial charge in [0.05, 0.1) is 22.6 Å². The molecule has 3 aromatic rings. The Hall–Kier alpha value is -3.87. The standard InChI is InChI=1S/C31H36Cl2N4O7S/c1-5-7-17-34-31(39)28(6-2)35(19-25-26(32)9-8-10-27(25)33)30(38)20-36(22-12-14-23(44-4)15-13-22)45(42,43)24-16-11-21(3)29(18-24)37(40)41/h8-16,18,28H,5-7,17,19-20H2,1-4H3,(H,34,39)/t28-/m0/s1. The topological polar surface area (TPSA) is 139 Å². The number of aryl methyl sites for hydroxylation is 1. The van der Waals surface area contributed by atoms with Crippen molar-refractivity contribution in [1.29, 1.82) is 0 Å². The fourth-order valence-electron chi connectivity index (χ4n) is 4.63. The lowest BCUT2D eigenvalue weighted by Gasteiger charge is -2.33. The van der Waals surface area contributed by atoms with E-state index < -0.39 is 39.3 Å². The number of benzene rings is 3. The van der Waals surface area contributed by atoms with Crippen molar-refractivity contribution in [2.75, 3.05) is 24.5 Å². The van der Waals surface area contributed by atoms with E-state index in [1.165, 1.54) is 55.3 Å². The number of carbonyl (C=O) groups excluding carboxylic acids is 2. The highest BCUT2D eigenvalue weighted by Crippen LogP contribution is 2.31. The van der Waals surface area contributed by atoms with Gasteiger partial charge in [0.2, 0.25) is 11.8 Å². The van der Waals surface area contributed by atoms with Crippen LogP contribution in [0.5, 0.6) is 5.75 Å². The Morgan fingerprint density at radius 3 is 2.24 bits per heavy atom. The first-order valence-corrected chi connectivity index (χ1v) is 16.5. The molecule has 0 unspecified atom stereocenters. The molecule has 3 rings (SSSR count). The van der Waals surface area contributed by atoms with Gasteiger partial charge in [-0.15, -0.1) is 0 Å². The average molecular weight is 680 g/mol. The number of methoxy groups -OCH3 is 1. The molecule has 0 bridgehead atoms. The monoisotopic (exact) mass is 678 g/mol. The second kappa shape index (κ2) is 15.9. The van der Waals surface area contributed by atoms with Crippen LogP contribution < -0.4 is 14.4 Å². The van der Waals surface area contributed by atoms with Crippen LogP contribution in [0, 0.1) is 17.0 Å². The van der Waals surface area contributed by atoms with E-state index >= 15 is 0 Å². The number of unbranched alkanes of at least 4 members (excludes halogenated alkanes) is 1. The van der Waals surface area contributed by atoms with Gasteiger partial charge in [-0.1, -0.05) is 55.6 Å². The Kier molecular flexibility index (Phi) is 12.6. The Balaban J connectivity index is 2.14. The minimum absolute atomic E-state index is 0.101. The minimum Gasteiger partial charge on any atom is -0.497 e. The molecule has 11 nitrogen and oxygen atoms in total. The number of hydrogen-bond acceptors (Lipinski definition) is 7. The average Bonchev–Trinajstić information content (AvgIpc) is 3.01. The van der Waals surface area contributed by atoms with E-state index in [0.29, 0.717) is 17.9 Å². The third-order valence-corrected chi connectivity index (χ3v) is 9.69. The fraction of sp³-hybridized carbons (Fsp3) is 0.355. The van der Waals surface area contributed by atoms with E-state index in [4.69, 9.17) is 27.9 Å². The highest BCUT2D eigenvalue weighted by molar-refractivity contribution is 7.92. The summed E-state index contributed by atoms with van der Waals surface area (Å²) in [4.78, 5) is 39.4. The number of halogens is 2. The molecular formula is C31H36Cl2N4O7S. The van der Waals surface area contributed by atoms with Crippen LogP contribution in [0.4, 0.5) is 11.4 Å². The Labute approximate surface area is 273 Å². The SMILES string of the molecule is CCCCNC(=O)[C@H](CC)N(Cc1c(Cl)cccc1Cl)C(=O)CN(c1ccc(OC)cc1)S(=O)(=O)c1ccc(C)c([N+](=O)[O-])c1. The number of rotatable bonds is 15. The first-order chi connectivity index (χ1) is 21.3. The molecule has 14 heteroatoms. The molecule has 3 aromatic carbocycles. The molecule has 0 aliphatic heterocycles. The van der Waals surface area contributed by atoms with E-state index in [-0.39, 0.29) is 44.8 Å². The lowest BCUT2D eigenvalue weighted by molar-refractivity contribution is -0.385. The highest BCUT2D eigenvalue weighted by atomic mass is 35.5. The number of nitrogens with zero attached hydrogens (tertiary/aromatic N) is 3. The smallest absolute Gasteiger partial charge is 0.273 e. The molecule has 0 saturated heterocycles. The van der Waals surface area contributed by atoms with Gasteiger partial charge in [0.1, 0.15) is 18.3 Å². The third-order valence-electron chi connectivity index (χ3n) is 7.21. The number of hydrogen-bond donors (Lipinski definition) is 1. The molecule has 0 spiro atoms. The largest absolute Gasteiger partial charge is 0.497 e. The number of carbonyl (C=O) groups is 2. The summed E-state index contributed by atoms with van der Waals surface area (Å²) in [6.45, 7) is 4.70. The molecule has 0 aromatic heterocycles. The van der Waals surface area contributed by atoms with E-state index in [2.05, 4.69) is 5.32 Å². The fourth-order valence-corrected chi connectivity index (χ4v) is 6.58. The van der Waals surface area contributed by atoms with Gasteiger partial charge in [-0.3, -0.25) is 24.0 Å². The summed E-state index contributed by atoms with van der Waals surface area (Å²) >= 11 is 12.9. The quantitative estimate of drug-likeness (QED) is 0.116. The summed E-state index contributed by atoms with van der Waals surface area (Å²) in [6.07, 6.45) is 1.80. The summed E-state index contributed by atoms with van der Waals surface area (Å²) < 4.78 is 34.3. The van der Waals surface area contributed by atoms with E-state index in [0.717, 1.165) is 23.2 Å². The van der Waals surface area contributed by atoms with Crippen molar-refractivity contribution in [3.05, 3.63) is 92.0 Å². The van der Waals surface area contributed by atoms with Crippen LogP contribution in [-0.4, -0.2) is 56.3 Å². The zero-order valence-corrected chi connectivity index (χ0v) is 27.8. The first kappa shape index (κ1) is 35.6. The van der Waals surface area contributed by atoms with Gasteiger partial charge in [-0.05, 0) is 62.2 Å². The molecule has 0 aliphatic rings. The molecule has 1 atom stereocenters. The zero-order chi connectivity index (χ0) is 33.3. The number of nitro benzene ring substituents is 1. The summed E-state index contributed by atoms with van der Waals surface area (Å²) in [6, 6.07) is 13.4. The molecule has 0 heterocycles. The van der Waals surface area contributed by atoms with Crippen molar-refractivity contribution in [3.8, 4) is 5.75 Å². The Bertz CT molecular complexity index is 1620. The maximum Gasteiger partial charge on any atom is 0.273 e. The predicted molar refractivity (Wildman–Crippen MR) is 174 cm³/mol. The summed E-state index contributed by atoms with van der Waals surface area (Å²) in [5.74, 6) is -0.682. The van der Waals surface area contributed by atoms with Crippen LogP contribution in [0.3, 0.4) is 0 Å². The van der Waals surface area contributed by atoms with Crippen LogP contribution in [0.1, 0.15) is 44.2 Å². The lowest BCUT2D eigenvalue weighted by Crippen LogP contribution is -2.52. The third kappa shape index (κ3) is 8.65. The van der Waals surface area contributed by atoms with Crippen LogP contribution in [0.25, 0.3) is 0 Å². The van der Waals surface area contributed by atoms with Crippen LogP contribution >= 0.6 is 23.2 Å². The number of ether oxygens (including phenoxy) is 1. The van der Waals surface area contributed by atoms with Crippen molar-refractivity contribution >= 4 is 56.4 Å². The van der Waals surface area contributed by atoms with Crippen molar-refractivity contribution in [3.63, 3.8) is 0 Å². The summed E-state index contributed by atoms with van der Waals surface area (Å²) in [5.41, 5.74) is 0.376. The highest BCUT2D eigenvalue weighted by Gasteiger charge is 2.35. The van der Waals surface area contributed by atoms with Gasteiger partial charge in [0.25, 0.3) is 15.7 Å². The predicted octanol–water partition coefficient (Wildman–Crippen LogP) is 6.14. The van der Waals surface area contributed by atoms with E-state index in [1.807, 2.05) is 6.92 Å². The molecule has 0 fully saturated rings. The minimum atomic E-state index is -4.55. The molecule has 0 radical (unpaired) electrons. The van der Waals surface area contributed by atoms with Crippen molar-refractivity contribution in [2.45, 2.75) is 57.5 Å². The summed E-state index contributed by atoms with van der Waals surface area (Å²) in [5, 5.41) is 15.0. The van der Waals surface area contributed by atoms with Crippen LogP contribution in [-0.2, 0) is 26.2 Å². The van der Waals surface area contributed by atoms with E-state index in [9.17, 15) is 28.1 Å². The van der Waals surface area contributed by atoms with E-state index in [1.54, 1.807) is 25.1 Å². The number of amides is 2. The second-order valence-electron chi connectivity index (χ2n) is 10.2. The van der Waals surface area contributed by atoms with Crippen LogP contribution in [0.15, 0.2) is 65.6 Å². The molecule has 2 amide bonds. The van der Waals surface area contributed by atoms with Gasteiger partial charge in [0.15, 0.2) is 0 Å². The van der Waals surface area contributed by atoms with Gasteiger partial charge in [-0.2, -0.15) is 0 Å². The molecule has 1 N–H and O–H groups in total. The van der Waals surface area contributed by atoms with Gasteiger partial charge >= 0.3 is 0 Å². The zero-order valence-electron chi connectivity index (χ0n) is 25.5. The maximum atomic E-state index is 14.2. The van der Waals surface area contributed by atoms with Gasteiger partial charge < -0.3 is 15.0 Å². The number of nitro groups is 1. The molecule has 0 aliphatic carbocycles. The van der Waals surface area contributed by atoms with Gasteiger partial charge in [-0.25, -0.2) is 8.42 Å². The molecule has 242 valence electrons. The molecule has 0 saturated carbocycles. The number of sulfonamides is 1. The van der Waals surface area contributed by atoms with Gasteiger partial charge in [0, 0.05) is 40.3 Å². The van der Waals surface area contributed by atoms with Crippen molar-refractivity contribution in [2.24, 2.45) is 0 Å². The first-order valence-electron chi connectivity index (χ1n) is 14.3. The van der Waals surface area contributed by atoms with Crippen molar-refractivity contribution < 1.29 is 27.7 Å². The molecule has 45 heavy (non-hydrogen) atoms. The molecular weight excluding hydrogens is 643 g/mol. The normalized spacial score (nSPS) is 11.9. The second-order valence-corrected chi connectivity index (χ2v) is 12.9. The number of nitrogens with one attached hydrogen (secondary N) is 1. The van der Waals surface area contributed by atoms with Crippen molar-refractivity contribution in [1.82, 2.24) is 10.2 Å². The Morgan fingerprint density at radius 1 is 1.04 bits per heavy atom. The summed E-state index contributed by atoms with van der Waals surface area (Å²) in [7, 11) is -3.10. The Morgan fingerprint density at radius 2 is 1.69 bits per heavy atom. The lowest BCUT2D eigenvalue weighted by atomic mass is 10.1. The number of anilines is 1. The van der Waals surface area contributed by atoms with Crippen LogP contribution in [0.2, 0.25) is 10.0 Å². The maximum absolute atomic E-state index is 14.2.